The number of rotatable bonds is 15. The zero-order chi connectivity index (χ0) is 40.3. The van der Waals surface area contributed by atoms with Crippen LogP contribution < -0.4 is 20.1 Å². The molecule has 2 aromatic carbocycles. The third-order valence-corrected chi connectivity index (χ3v) is 13.7. The maximum absolute atomic E-state index is 13.2. The number of benzene rings is 2. The molecule has 12 nitrogen and oxygen atoms in total. The van der Waals surface area contributed by atoms with Crippen LogP contribution in [0.3, 0.4) is 0 Å². The molecular weight excluding hydrogens is 769 g/mol. The zero-order valence-corrected chi connectivity index (χ0v) is 34.1. The van der Waals surface area contributed by atoms with Gasteiger partial charge in [0.1, 0.15) is 10.5 Å². The van der Waals surface area contributed by atoms with Crippen LogP contribution in [-0.2, 0) is 20.0 Å². The number of nitrogens with one attached hydrogen (secondary N) is 4. The van der Waals surface area contributed by atoms with Crippen LogP contribution in [0.5, 0.6) is 0 Å². The lowest BCUT2D eigenvalue weighted by Crippen LogP contribution is -2.60. The number of anilines is 2. The Morgan fingerprint density at radius 1 is 0.741 bits per heavy atom. The van der Waals surface area contributed by atoms with Crippen molar-refractivity contribution in [3.63, 3.8) is 0 Å². The van der Waals surface area contributed by atoms with E-state index in [1.165, 1.54) is 0 Å². The fourth-order valence-corrected chi connectivity index (χ4v) is 9.67. The fraction of sp³-hybridized carbons (Fsp3) is 0.611. The lowest BCUT2D eigenvalue weighted by atomic mass is 9.85. The number of likely N-dealkylation sites (tertiary alicyclic amines) is 2. The van der Waals surface area contributed by atoms with Gasteiger partial charge in [0.05, 0.1) is 6.54 Å². The quantitative estimate of drug-likeness (QED) is 0.148. The lowest BCUT2D eigenvalue weighted by molar-refractivity contribution is -0.152. The first kappa shape index (κ1) is 43.6. The van der Waals surface area contributed by atoms with Gasteiger partial charge in [-0.15, -0.1) is 0 Å². The molecule has 302 valence electrons. The lowest BCUT2D eigenvalue weighted by Gasteiger charge is -2.38. The van der Waals surface area contributed by atoms with E-state index in [2.05, 4.69) is 15.4 Å². The first-order chi connectivity index (χ1) is 25.0. The fourth-order valence-electron chi connectivity index (χ4n) is 6.86. The van der Waals surface area contributed by atoms with Crippen LogP contribution in [0.2, 0.25) is 5.02 Å². The third-order valence-electron chi connectivity index (χ3n) is 10.2. The van der Waals surface area contributed by atoms with Gasteiger partial charge in [-0.2, -0.15) is 13.2 Å². The number of carbonyl (C=O) groups excluding carboxylic acids is 2. The number of urea groups is 2. The Kier molecular flexibility index (Phi) is 14.0. The summed E-state index contributed by atoms with van der Waals surface area (Å²) in [6, 6.07) is 7.20. The molecule has 2 atom stereocenters. The van der Waals surface area contributed by atoms with Gasteiger partial charge in [0.15, 0.2) is 0 Å². The summed E-state index contributed by atoms with van der Waals surface area (Å²) in [5.74, 6) is -0.433. The Morgan fingerprint density at radius 3 is 1.63 bits per heavy atom. The zero-order valence-electron chi connectivity index (χ0n) is 31.7. The van der Waals surface area contributed by atoms with E-state index >= 15 is 0 Å². The standard InChI is InChI=1S/C36H52ClF3N6O6S2/c1-8-45-16-26(17-45)53(49,50)44-35(48)42-33-30(22(4)5)14-25(37)15-31(33)24(7)13-12-23(6)29-11-9-10-28(21(2)3)32(29)41-34(47)43-54(51,52)27-18-46(19-27)20-36(38,39)40/h9-11,14-15,21-24,26-27H,8,12-13,16-20H2,1-7H3,(H2,41,43,47)(H2,42,44,48). The second-order valence-electron chi connectivity index (χ2n) is 15.1. The molecule has 2 fully saturated rings. The van der Waals surface area contributed by atoms with E-state index in [-0.39, 0.29) is 36.8 Å². The van der Waals surface area contributed by atoms with E-state index in [4.69, 9.17) is 11.6 Å². The molecule has 4 amide bonds. The van der Waals surface area contributed by atoms with E-state index in [0.29, 0.717) is 42.3 Å². The molecule has 2 heterocycles. The van der Waals surface area contributed by atoms with Crippen molar-refractivity contribution in [1.82, 2.24) is 19.2 Å². The molecule has 2 unspecified atom stereocenters. The molecule has 2 saturated heterocycles. The first-order valence-corrected chi connectivity index (χ1v) is 21.6. The summed E-state index contributed by atoms with van der Waals surface area (Å²) in [5, 5.41) is 4.17. The minimum atomic E-state index is -4.45. The van der Waals surface area contributed by atoms with Crippen LogP contribution in [-0.4, -0.2) is 94.6 Å². The van der Waals surface area contributed by atoms with Crippen molar-refractivity contribution in [2.45, 2.75) is 102 Å². The Labute approximate surface area is 322 Å². The number of carbonyl (C=O) groups is 2. The van der Waals surface area contributed by atoms with Gasteiger partial charge in [-0.05, 0) is 77.4 Å². The highest BCUT2D eigenvalue weighted by atomic mass is 35.5. The van der Waals surface area contributed by atoms with Gasteiger partial charge in [-0.3, -0.25) is 4.90 Å². The van der Waals surface area contributed by atoms with Gasteiger partial charge in [0.25, 0.3) is 0 Å². The topological polar surface area (TPSA) is 157 Å². The molecule has 2 aliphatic heterocycles. The second kappa shape index (κ2) is 17.3. The van der Waals surface area contributed by atoms with E-state index < -0.39 is 55.3 Å². The highest BCUT2D eigenvalue weighted by Gasteiger charge is 2.43. The number of nitrogens with zero attached hydrogens (tertiary/aromatic N) is 2. The maximum Gasteiger partial charge on any atom is 0.401 e. The van der Waals surface area contributed by atoms with Gasteiger partial charge in [-0.1, -0.05) is 78.3 Å². The van der Waals surface area contributed by atoms with Crippen LogP contribution in [0.1, 0.15) is 107 Å². The van der Waals surface area contributed by atoms with E-state index in [0.717, 1.165) is 33.7 Å². The van der Waals surface area contributed by atoms with Crippen molar-refractivity contribution in [3.05, 3.63) is 57.6 Å². The van der Waals surface area contributed by atoms with Crippen molar-refractivity contribution in [2.24, 2.45) is 0 Å². The van der Waals surface area contributed by atoms with Crippen LogP contribution >= 0.6 is 11.6 Å². The summed E-state index contributed by atoms with van der Waals surface area (Å²) >= 11 is 6.57. The predicted molar refractivity (Wildman–Crippen MR) is 206 cm³/mol. The van der Waals surface area contributed by atoms with Gasteiger partial charge in [0.2, 0.25) is 20.0 Å². The minimum absolute atomic E-state index is 0.0510. The van der Waals surface area contributed by atoms with E-state index in [1.807, 2.05) is 76.3 Å². The molecule has 0 aromatic heterocycles. The molecule has 4 N–H and O–H groups in total. The molecule has 0 radical (unpaired) electrons. The Morgan fingerprint density at radius 2 is 1.17 bits per heavy atom. The minimum Gasteiger partial charge on any atom is -0.307 e. The van der Waals surface area contributed by atoms with Crippen LogP contribution in [0, 0.1) is 0 Å². The molecule has 54 heavy (non-hydrogen) atoms. The molecule has 0 aliphatic carbocycles. The Bertz CT molecular complexity index is 1900. The summed E-state index contributed by atoms with van der Waals surface area (Å²) in [6.45, 7) is 13.2. The smallest absolute Gasteiger partial charge is 0.307 e. The predicted octanol–water partition coefficient (Wildman–Crippen LogP) is 7.13. The molecule has 0 bridgehead atoms. The summed E-state index contributed by atoms with van der Waals surface area (Å²) in [7, 11) is -8.14. The second-order valence-corrected chi connectivity index (χ2v) is 19.4. The largest absolute Gasteiger partial charge is 0.401 e. The van der Waals surface area contributed by atoms with Crippen molar-refractivity contribution in [2.75, 3.05) is 49.9 Å². The van der Waals surface area contributed by atoms with Crippen molar-refractivity contribution < 1.29 is 39.6 Å². The van der Waals surface area contributed by atoms with E-state index in [1.54, 1.807) is 12.1 Å². The Hall–Kier alpha value is -3.12. The molecule has 2 aliphatic rings. The normalized spacial score (nSPS) is 17.5. The molecule has 0 saturated carbocycles. The number of halogens is 4. The van der Waals surface area contributed by atoms with Crippen molar-refractivity contribution in [3.8, 4) is 0 Å². The van der Waals surface area contributed by atoms with Gasteiger partial charge in [-0.25, -0.2) is 35.9 Å². The average molecular weight is 821 g/mol. The highest BCUT2D eigenvalue weighted by Crippen LogP contribution is 2.40. The molecule has 0 spiro atoms. The summed E-state index contributed by atoms with van der Waals surface area (Å²) in [4.78, 5) is 29.2. The monoisotopic (exact) mass is 820 g/mol. The summed E-state index contributed by atoms with van der Waals surface area (Å²) < 4.78 is 93.8. The highest BCUT2D eigenvalue weighted by molar-refractivity contribution is 7.91. The number of alkyl halides is 3. The van der Waals surface area contributed by atoms with Gasteiger partial charge >= 0.3 is 18.2 Å². The average Bonchev–Trinajstić information content (AvgIpc) is 2.99. The third kappa shape index (κ3) is 11.0. The van der Waals surface area contributed by atoms with Crippen molar-refractivity contribution >= 4 is 55.1 Å². The number of para-hydroxylation sites is 1. The van der Waals surface area contributed by atoms with Crippen LogP contribution in [0.15, 0.2) is 30.3 Å². The van der Waals surface area contributed by atoms with E-state index in [9.17, 15) is 39.6 Å². The number of amides is 4. The van der Waals surface area contributed by atoms with Crippen LogP contribution in [0.4, 0.5) is 34.1 Å². The summed E-state index contributed by atoms with van der Waals surface area (Å²) in [6.07, 6.45) is -3.28. The number of hydrogen-bond donors (Lipinski definition) is 4. The van der Waals surface area contributed by atoms with Crippen LogP contribution in [0.25, 0.3) is 0 Å². The summed E-state index contributed by atoms with van der Waals surface area (Å²) in [5.41, 5.74) is 3.95. The Balaban J connectivity index is 1.49. The maximum atomic E-state index is 13.2. The van der Waals surface area contributed by atoms with Gasteiger partial charge < -0.3 is 15.5 Å². The van der Waals surface area contributed by atoms with Gasteiger partial charge in [0, 0.05) is 42.6 Å². The number of hydrogen-bond acceptors (Lipinski definition) is 8. The van der Waals surface area contributed by atoms with Crippen molar-refractivity contribution in [1.29, 1.82) is 0 Å². The first-order valence-electron chi connectivity index (χ1n) is 18.1. The molecule has 18 heteroatoms. The molecular formula is C36H52ClF3N6O6S2. The SMILES string of the molecule is CCN1CC(S(=O)(=O)NC(=O)Nc2c(C(C)C)cc(Cl)cc2C(C)CCC(C)c2cccc(C(C)C)c2NC(=O)NS(=O)(=O)C2CN(CC(F)(F)F)C2)C1. The number of sulfonamides is 2. The molecule has 4 rings (SSSR count). The molecule has 2 aromatic rings.